The zero-order valence-electron chi connectivity index (χ0n) is 9.65. The summed E-state index contributed by atoms with van der Waals surface area (Å²) in [5.41, 5.74) is 0. The van der Waals surface area contributed by atoms with E-state index < -0.39 is 5.97 Å². The molecule has 0 aromatic carbocycles. The second-order valence-corrected chi connectivity index (χ2v) is 5.29. The van der Waals surface area contributed by atoms with Gasteiger partial charge in [0.25, 0.3) is 0 Å². The minimum absolute atomic E-state index is 0.139. The fourth-order valence-corrected chi connectivity index (χ4v) is 2.99. The number of nitrogens with zero attached hydrogens (tertiary/aromatic N) is 1. The molecule has 0 radical (unpaired) electrons. The number of likely N-dealkylation sites (tertiary alicyclic amines) is 1. The highest BCUT2D eigenvalue weighted by atomic mass is 16.4. The van der Waals surface area contributed by atoms with Gasteiger partial charge in [-0.25, -0.2) is 0 Å². The van der Waals surface area contributed by atoms with Gasteiger partial charge in [-0.1, -0.05) is 13.8 Å². The molecule has 0 aromatic rings. The Morgan fingerprint density at radius 2 is 2.00 bits per heavy atom. The monoisotopic (exact) mass is 211 g/mol. The van der Waals surface area contributed by atoms with Crippen LogP contribution in [0, 0.1) is 11.8 Å². The summed E-state index contributed by atoms with van der Waals surface area (Å²) in [6.07, 6.45) is 4.46. The van der Waals surface area contributed by atoms with Gasteiger partial charge in [0, 0.05) is 12.1 Å². The van der Waals surface area contributed by atoms with Crippen LogP contribution >= 0.6 is 0 Å². The van der Waals surface area contributed by atoms with Crippen molar-refractivity contribution in [1.29, 1.82) is 0 Å². The van der Waals surface area contributed by atoms with Gasteiger partial charge < -0.3 is 5.11 Å². The van der Waals surface area contributed by atoms with Gasteiger partial charge in [0.2, 0.25) is 0 Å². The highest BCUT2D eigenvalue weighted by Crippen LogP contribution is 2.37. The second-order valence-electron chi connectivity index (χ2n) is 5.29. The molecule has 1 N–H and O–H groups in total. The number of carboxylic acids is 1. The largest absolute Gasteiger partial charge is 0.481 e. The molecule has 2 unspecified atom stereocenters. The molecule has 2 atom stereocenters. The van der Waals surface area contributed by atoms with Crippen LogP contribution in [-0.2, 0) is 4.79 Å². The van der Waals surface area contributed by atoms with Crippen LogP contribution in [0.1, 0.15) is 39.5 Å². The molecule has 0 bridgehead atoms. The summed E-state index contributed by atoms with van der Waals surface area (Å²) in [7, 11) is 0. The second kappa shape index (κ2) is 4.12. The first-order chi connectivity index (χ1) is 7.11. The Morgan fingerprint density at radius 1 is 1.33 bits per heavy atom. The molecule has 3 heteroatoms. The van der Waals surface area contributed by atoms with E-state index in [0.29, 0.717) is 12.0 Å². The predicted octanol–water partition coefficient (Wildman–Crippen LogP) is 1.97. The first kappa shape index (κ1) is 10.9. The third-order valence-corrected chi connectivity index (χ3v) is 3.74. The first-order valence-electron chi connectivity index (χ1n) is 6.10. The summed E-state index contributed by atoms with van der Waals surface area (Å²) in [5, 5.41) is 9.25. The average Bonchev–Trinajstić information content (AvgIpc) is 2.99. The van der Waals surface area contributed by atoms with Crippen LogP contribution < -0.4 is 0 Å². The lowest BCUT2D eigenvalue weighted by atomic mass is 9.82. The van der Waals surface area contributed by atoms with Crippen LogP contribution in [-0.4, -0.2) is 34.6 Å². The smallest absolute Gasteiger partial charge is 0.308 e. The molecule has 0 spiro atoms. The maximum absolute atomic E-state index is 11.2. The van der Waals surface area contributed by atoms with Gasteiger partial charge in [-0.15, -0.1) is 0 Å². The number of hydrogen-bond acceptors (Lipinski definition) is 2. The van der Waals surface area contributed by atoms with E-state index in [0.717, 1.165) is 19.4 Å². The maximum atomic E-state index is 11.2. The molecule has 2 fully saturated rings. The number of carboxylic acid groups (broad SMARTS) is 1. The SMILES string of the molecule is CC(C)C1C(C(=O)O)CCCN1C1CC1. The van der Waals surface area contributed by atoms with Crippen molar-refractivity contribution in [1.82, 2.24) is 4.90 Å². The van der Waals surface area contributed by atoms with Gasteiger partial charge in [-0.2, -0.15) is 0 Å². The molecule has 3 nitrogen and oxygen atoms in total. The van der Waals surface area contributed by atoms with Crippen LogP contribution in [0.5, 0.6) is 0 Å². The molecule has 1 heterocycles. The quantitative estimate of drug-likeness (QED) is 0.776. The highest BCUT2D eigenvalue weighted by molar-refractivity contribution is 5.71. The van der Waals surface area contributed by atoms with E-state index in [4.69, 9.17) is 0 Å². The van der Waals surface area contributed by atoms with Gasteiger partial charge in [-0.05, 0) is 38.1 Å². The molecule has 2 rings (SSSR count). The van der Waals surface area contributed by atoms with E-state index in [-0.39, 0.29) is 12.0 Å². The number of rotatable bonds is 3. The van der Waals surface area contributed by atoms with Crippen LogP contribution in [0.4, 0.5) is 0 Å². The topological polar surface area (TPSA) is 40.5 Å². The van der Waals surface area contributed by atoms with E-state index >= 15 is 0 Å². The molecule has 0 aromatic heterocycles. The lowest BCUT2D eigenvalue weighted by Crippen LogP contribution is -2.51. The number of carbonyl (C=O) groups is 1. The summed E-state index contributed by atoms with van der Waals surface area (Å²) in [6, 6.07) is 0.961. The summed E-state index contributed by atoms with van der Waals surface area (Å²) >= 11 is 0. The van der Waals surface area contributed by atoms with E-state index in [1.807, 2.05) is 0 Å². The van der Waals surface area contributed by atoms with E-state index in [2.05, 4.69) is 18.7 Å². The van der Waals surface area contributed by atoms with Crippen molar-refractivity contribution < 1.29 is 9.90 Å². The Morgan fingerprint density at radius 3 is 2.47 bits per heavy atom. The minimum atomic E-state index is -0.598. The summed E-state index contributed by atoms with van der Waals surface area (Å²) < 4.78 is 0. The van der Waals surface area contributed by atoms with Gasteiger partial charge in [0.1, 0.15) is 0 Å². The summed E-state index contributed by atoms with van der Waals surface area (Å²) in [4.78, 5) is 13.7. The molecule has 2 aliphatic rings. The number of hydrogen-bond donors (Lipinski definition) is 1. The molecule has 1 aliphatic carbocycles. The predicted molar refractivity (Wildman–Crippen MR) is 58.7 cm³/mol. The minimum Gasteiger partial charge on any atom is -0.481 e. The molecule has 15 heavy (non-hydrogen) atoms. The Kier molecular flexibility index (Phi) is 3.01. The molecule has 86 valence electrons. The maximum Gasteiger partial charge on any atom is 0.308 e. The Hall–Kier alpha value is -0.570. The Balaban J connectivity index is 2.13. The fraction of sp³-hybridized carbons (Fsp3) is 0.917. The lowest BCUT2D eigenvalue weighted by Gasteiger charge is -2.42. The standard InChI is InChI=1S/C12H21NO2/c1-8(2)11-10(12(14)15)4-3-7-13(11)9-5-6-9/h8-11H,3-7H2,1-2H3,(H,14,15). The third-order valence-electron chi connectivity index (χ3n) is 3.74. The van der Waals surface area contributed by atoms with Crippen molar-refractivity contribution in [3.05, 3.63) is 0 Å². The van der Waals surface area contributed by atoms with Gasteiger partial charge in [0.15, 0.2) is 0 Å². The summed E-state index contributed by atoms with van der Waals surface area (Å²) in [5.74, 6) is -0.287. The van der Waals surface area contributed by atoms with Crippen LogP contribution in [0.3, 0.4) is 0 Å². The molecular formula is C12H21NO2. The van der Waals surface area contributed by atoms with Gasteiger partial charge >= 0.3 is 5.97 Å². The van der Waals surface area contributed by atoms with Crippen LogP contribution in [0.15, 0.2) is 0 Å². The lowest BCUT2D eigenvalue weighted by molar-refractivity contribution is -0.147. The normalized spacial score (nSPS) is 33.3. The molecule has 1 saturated heterocycles. The van der Waals surface area contributed by atoms with Crippen molar-refractivity contribution in [2.75, 3.05) is 6.54 Å². The van der Waals surface area contributed by atoms with Gasteiger partial charge in [0.05, 0.1) is 5.92 Å². The number of aliphatic carboxylic acids is 1. The summed E-state index contributed by atoms with van der Waals surface area (Å²) in [6.45, 7) is 5.42. The molecule has 1 aliphatic heterocycles. The average molecular weight is 211 g/mol. The van der Waals surface area contributed by atoms with Crippen molar-refractivity contribution in [2.24, 2.45) is 11.8 Å². The molecular weight excluding hydrogens is 190 g/mol. The highest BCUT2D eigenvalue weighted by Gasteiger charge is 2.43. The third kappa shape index (κ3) is 2.17. The molecule has 1 saturated carbocycles. The number of piperidine rings is 1. The zero-order valence-corrected chi connectivity index (χ0v) is 9.65. The van der Waals surface area contributed by atoms with Gasteiger partial charge in [-0.3, -0.25) is 9.69 Å². The van der Waals surface area contributed by atoms with E-state index in [1.165, 1.54) is 12.8 Å². The molecule has 0 amide bonds. The first-order valence-corrected chi connectivity index (χ1v) is 6.10. The van der Waals surface area contributed by atoms with E-state index in [9.17, 15) is 9.90 Å². The zero-order chi connectivity index (χ0) is 11.0. The van der Waals surface area contributed by atoms with Crippen molar-refractivity contribution >= 4 is 5.97 Å². The Bertz CT molecular complexity index is 248. The van der Waals surface area contributed by atoms with Crippen LogP contribution in [0.25, 0.3) is 0 Å². The Labute approximate surface area is 91.5 Å². The van der Waals surface area contributed by atoms with E-state index in [1.54, 1.807) is 0 Å². The van der Waals surface area contributed by atoms with Crippen molar-refractivity contribution in [2.45, 2.75) is 51.6 Å². The fourth-order valence-electron chi connectivity index (χ4n) is 2.99. The van der Waals surface area contributed by atoms with Crippen LogP contribution in [0.2, 0.25) is 0 Å². The van der Waals surface area contributed by atoms with Crippen molar-refractivity contribution in [3.63, 3.8) is 0 Å². The van der Waals surface area contributed by atoms with Crippen molar-refractivity contribution in [3.8, 4) is 0 Å².